The molecule has 0 aliphatic carbocycles. The van der Waals surface area contributed by atoms with Gasteiger partial charge in [-0.15, -0.1) is 5.10 Å². The third kappa shape index (κ3) is 2.87. The summed E-state index contributed by atoms with van der Waals surface area (Å²) in [6.07, 6.45) is 2.50. The molecule has 1 atom stereocenters. The lowest BCUT2D eigenvalue weighted by Gasteiger charge is -2.31. The number of nitrogens with one attached hydrogen (secondary N) is 1. The smallest absolute Gasteiger partial charge is 0.138 e. The van der Waals surface area contributed by atoms with E-state index in [1.54, 1.807) is 0 Å². The van der Waals surface area contributed by atoms with Crippen LogP contribution in [0.3, 0.4) is 0 Å². The molecule has 2 rings (SSSR count). The van der Waals surface area contributed by atoms with Crippen LogP contribution in [0.2, 0.25) is 4.34 Å². The second kappa shape index (κ2) is 5.21. The Morgan fingerprint density at radius 3 is 3.20 bits per heavy atom. The molecule has 0 amide bonds. The van der Waals surface area contributed by atoms with E-state index in [0.29, 0.717) is 6.04 Å². The first-order valence-corrected chi connectivity index (χ1v) is 6.31. The van der Waals surface area contributed by atoms with Crippen molar-refractivity contribution in [2.45, 2.75) is 25.4 Å². The second-order valence-corrected chi connectivity index (χ2v) is 5.21. The van der Waals surface area contributed by atoms with Crippen molar-refractivity contribution in [3.05, 3.63) is 10.0 Å². The SMILES string of the molecule is CNC1CCCN(Cc2nnsc2Cl)C1. The molecule has 1 fully saturated rings. The van der Waals surface area contributed by atoms with Crippen molar-refractivity contribution in [1.82, 2.24) is 19.8 Å². The maximum Gasteiger partial charge on any atom is 0.138 e. The van der Waals surface area contributed by atoms with Gasteiger partial charge in [0.2, 0.25) is 0 Å². The highest BCUT2D eigenvalue weighted by molar-refractivity contribution is 7.10. The fourth-order valence-electron chi connectivity index (χ4n) is 1.94. The van der Waals surface area contributed by atoms with Crippen LogP contribution < -0.4 is 5.32 Å². The van der Waals surface area contributed by atoms with Gasteiger partial charge < -0.3 is 5.32 Å². The summed E-state index contributed by atoms with van der Waals surface area (Å²) in [5.41, 5.74) is 0.915. The number of nitrogens with zero attached hydrogens (tertiary/aromatic N) is 3. The van der Waals surface area contributed by atoms with Crippen LogP contribution in [-0.4, -0.2) is 40.7 Å². The number of aromatic nitrogens is 2. The van der Waals surface area contributed by atoms with Crippen LogP contribution >= 0.6 is 23.1 Å². The van der Waals surface area contributed by atoms with Gasteiger partial charge in [-0.2, -0.15) is 0 Å². The lowest BCUT2D eigenvalue weighted by Crippen LogP contribution is -2.43. The zero-order chi connectivity index (χ0) is 10.7. The first-order valence-electron chi connectivity index (χ1n) is 5.16. The molecule has 1 unspecified atom stereocenters. The molecule has 1 saturated heterocycles. The molecular weight excluding hydrogens is 232 g/mol. The van der Waals surface area contributed by atoms with E-state index in [2.05, 4.69) is 19.8 Å². The van der Waals surface area contributed by atoms with Crippen LogP contribution in [0.4, 0.5) is 0 Å². The van der Waals surface area contributed by atoms with Crippen molar-refractivity contribution in [3.8, 4) is 0 Å². The van der Waals surface area contributed by atoms with Gasteiger partial charge in [-0.3, -0.25) is 4.90 Å². The molecule has 84 valence electrons. The average Bonchev–Trinajstić information content (AvgIpc) is 2.65. The minimum atomic E-state index is 0.601. The summed E-state index contributed by atoms with van der Waals surface area (Å²) < 4.78 is 4.57. The number of likely N-dealkylation sites (N-methyl/N-ethyl adjacent to an activating group) is 1. The quantitative estimate of drug-likeness (QED) is 0.875. The van der Waals surface area contributed by atoms with Crippen LogP contribution in [0.25, 0.3) is 0 Å². The van der Waals surface area contributed by atoms with E-state index in [1.165, 1.54) is 24.4 Å². The van der Waals surface area contributed by atoms with Gasteiger partial charge in [0, 0.05) is 30.7 Å². The zero-order valence-electron chi connectivity index (χ0n) is 8.74. The van der Waals surface area contributed by atoms with Gasteiger partial charge in [-0.1, -0.05) is 16.1 Å². The van der Waals surface area contributed by atoms with Crippen LogP contribution in [0.1, 0.15) is 18.5 Å². The molecule has 0 bridgehead atoms. The Morgan fingerprint density at radius 2 is 2.53 bits per heavy atom. The van der Waals surface area contributed by atoms with Gasteiger partial charge in [-0.05, 0) is 26.4 Å². The Bertz CT molecular complexity index is 317. The maximum absolute atomic E-state index is 5.98. The molecule has 0 radical (unpaired) electrons. The first kappa shape index (κ1) is 11.3. The zero-order valence-corrected chi connectivity index (χ0v) is 10.3. The number of halogens is 1. The topological polar surface area (TPSA) is 41.0 Å². The van der Waals surface area contributed by atoms with Crippen LogP contribution in [0.15, 0.2) is 0 Å². The Kier molecular flexibility index (Phi) is 3.91. The van der Waals surface area contributed by atoms with E-state index in [-0.39, 0.29) is 0 Å². The lowest BCUT2D eigenvalue weighted by molar-refractivity contribution is 0.186. The third-order valence-electron chi connectivity index (χ3n) is 2.80. The molecule has 1 aliphatic rings. The normalized spacial score (nSPS) is 23.2. The first-order chi connectivity index (χ1) is 7.29. The van der Waals surface area contributed by atoms with Gasteiger partial charge in [0.15, 0.2) is 0 Å². The summed E-state index contributed by atoms with van der Waals surface area (Å²) in [4.78, 5) is 2.38. The molecule has 0 spiro atoms. The van der Waals surface area contributed by atoms with Gasteiger partial charge >= 0.3 is 0 Å². The van der Waals surface area contributed by atoms with E-state index in [9.17, 15) is 0 Å². The van der Waals surface area contributed by atoms with E-state index in [0.717, 1.165) is 29.7 Å². The Labute approximate surface area is 98.8 Å². The van der Waals surface area contributed by atoms with Crippen molar-refractivity contribution >= 4 is 23.1 Å². The monoisotopic (exact) mass is 246 g/mol. The molecule has 15 heavy (non-hydrogen) atoms. The van der Waals surface area contributed by atoms with E-state index in [4.69, 9.17) is 11.6 Å². The van der Waals surface area contributed by atoms with Crippen LogP contribution in [-0.2, 0) is 6.54 Å². The predicted molar refractivity (Wildman–Crippen MR) is 62.3 cm³/mol. The van der Waals surface area contributed by atoms with Crippen LogP contribution in [0, 0.1) is 0 Å². The minimum Gasteiger partial charge on any atom is -0.316 e. The molecule has 1 N–H and O–H groups in total. The molecule has 4 nitrogen and oxygen atoms in total. The van der Waals surface area contributed by atoms with Crippen molar-refractivity contribution < 1.29 is 0 Å². The molecule has 2 heterocycles. The third-order valence-corrected chi connectivity index (χ3v) is 3.78. The van der Waals surface area contributed by atoms with E-state index >= 15 is 0 Å². The largest absolute Gasteiger partial charge is 0.316 e. The summed E-state index contributed by atoms with van der Waals surface area (Å²) in [7, 11) is 2.02. The molecule has 1 aromatic heterocycles. The summed E-state index contributed by atoms with van der Waals surface area (Å²) in [5.74, 6) is 0. The van der Waals surface area contributed by atoms with Crippen molar-refractivity contribution in [2.75, 3.05) is 20.1 Å². The number of hydrogen-bond acceptors (Lipinski definition) is 5. The van der Waals surface area contributed by atoms with Gasteiger partial charge in [0.25, 0.3) is 0 Å². The molecular formula is C9H15ClN4S. The van der Waals surface area contributed by atoms with Gasteiger partial charge in [0.05, 0.1) is 0 Å². The highest BCUT2D eigenvalue weighted by Gasteiger charge is 2.20. The summed E-state index contributed by atoms with van der Waals surface area (Å²) in [6.45, 7) is 3.03. The second-order valence-electron chi connectivity index (χ2n) is 3.86. The Morgan fingerprint density at radius 1 is 1.67 bits per heavy atom. The maximum atomic E-state index is 5.98. The van der Waals surface area contributed by atoms with Crippen molar-refractivity contribution in [2.24, 2.45) is 0 Å². The number of likely N-dealkylation sites (tertiary alicyclic amines) is 1. The fourth-order valence-corrected chi connectivity index (χ4v) is 2.55. The van der Waals surface area contributed by atoms with E-state index < -0.39 is 0 Å². The molecule has 0 saturated carbocycles. The molecule has 1 aliphatic heterocycles. The molecule has 0 aromatic carbocycles. The molecule has 6 heteroatoms. The molecule has 1 aromatic rings. The highest BCUT2D eigenvalue weighted by Crippen LogP contribution is 2.20. The summed E-state index contributed by atoms with van der Waals surface area (Å²) >= 11 is 7.24. The van der Waals surface area contributed by atoms with Crippen LogP contribution in [0.5, 0.6) is 0 Å². The Hall–Kier alpha value is -0.230. The lowest BCUT2D eigenvalue weighted by atomic mass is 10.1. The van der Waals surface area contributed by atoms with Crippen molar-refractivity contribution in [1.29, 1.82) is 0 Å². The standard InChI is InChI=1S/C9H15ClN4S/c1-11-7-3-2-4-14(5-7)6-8-9(10)15-13-12-8/h7,11H,2-6H2,1H3. The minimum absolute atomic E-state index is 0.601. The number of hydrogen-bond donors (Lipinski definition) is 1. The number of piperidine rings is 1. The van der Waals surface area contributed by atoms with Gasteiger partial charge in [-0.25, -0.2) is 0 Å². The van der Waals surface area contributed by atoms with E-state index in [1.807, 2.05) is 7.05 Å². The Balaban J connectivity index is 1.92. The average molecular weight is 247 g/mol. The van der Waals surface area contributed by atoms with Gasteiger partial charge in [0.1, 0.15) is 10.0 Å². The summed E-state index contributed by atoms with van der Waals surface area (Å²) in [6, 6.07) is 0.601. The number of rotatable bonds is 3. The highest BCUT2D eigenvalue weighted by atomic mass is 35.5. The van der Waals surface area contributed by atoms with Crippen molar-refractivity contribution in [3.63, 3.8) is 0 Å². The summed E-state index contributed by atoms with van der Waals surface area (Å²) in [5, 5.41) is 7.36. The predicted octanol–water partition coefficient (Wildman–Crippen LogP) is 1.38. The fraction of sp³-hybridized carbons (Fsp3) is 0.778.